The minimum atomic E-state index is -0.573. The number of nitrogens with one attached hydrogen (secondary N) is 1. The van der Waals surface area contributed by atoms with Gasteiger partial charge >= 0.3 is 0 Å². The Labute approximate surface area is 111 Å². The van der Waals surface area contributed by atoms with Crippen LogP contribution in [0.1, 0.15) is 16.7 Å². The first-order valence-corrected chi connectivity index (χ1v) is 8.19. The second kappa shape index (κ2) is 5.51. The quantitative estimate of drug-likeness (QED) is 0.861. The largest absolute Gasteiger partial charge is 0.312 e. The first kappa shape index (κ1) is 12.3. The maximum Gasteiger partial charge on any atom is 0.0363 e. The van der Waals surface area contributed by atoms with E-state index in [9.17, 15) is 4.21 Å². The van der Waals surface area contributed by atoms with E-state index in [1.54, 1.807) is 5.56 Å². The van der Waals surface area contributed by atoms with Gasteiger partial charge in [0.15, 0.2) is 0 Å². The second-order valence-corrected chi connectivity index (χ2v) is 6.80. The molecule has 1 fully saturated rings. The van der Waals surface area contributed by atoms with Crippen molar-refractivity contribution in [3.63, 3.8) is 0 Å². The summed E-state index contributed by atoms with van der Waals surface area (Å²) in [5.74, 6) is 1.69. The van der Waals surface area contributed by atoms with Crippen LogP contribution in [0.4, 0.5) is 0 Å². The van der Waals surface area contributed by atoms with E-state index in [2.05, 4.69) is 28.4 Å². The van der Waals surface area contributed by atoms with Gasteiger partial charge < -0.3 is 5.32 Å². The van der Waals surface area contributed by atoms with Gasteiger partial charge in [-0.25, -0.2) is 0 Å². The Balaban J connectivity index is 1.74. The van der Waals surface area contributed by atoms with Crippen LogP contribution in [0.3, 0.4) is 0 Å². The molecule has 3 rings (SSSR count). The minimum Gasteiger partial charge on any atom is -0.312 e. The average Bonchev–Trinajstić information content (AvgIpc) is 2.42. The number of hydrogen-bond acceptors (Lipinski definition) is 3. The van der Waals surface area contributed by atoms with Crippen molar-refractivity contribution in [2.75, 3.05) is 31.1 Å². The molecule has 3 nitrogen and oxygen atoms in total. The molecule has 0 atom stereocenters. The summed E-state index contributed by atoms with van der Waals surface area (Å²) in [5.41, 5.74) is 4.48. The Morgan fingerprint density at radius 1 is 1.28 bits per heavy atom. The first-order chi connectivity index (χ1) is 8.83. The van der Waals surface area contributed by atoms with Crippen molar-refractivity contribution in [2.45, 2.75) is 19.5 Å². The monoisotopic (exact) mass is 264 g/mol. The average molecular weight is 264 g/mol. The lowest BCUT2D eigenvalue weighted by molar-refractivity contribution is 0.290. The van der Waals surface area contributed by atoms with E-state index >= 15 is 0 Å². The molecule has 4 heteroatoms. The van der Waals surface area contributed by atoms with E-state index in [1.165, 1.54) is 11.1 Å². The number of hydrogen-bond donors (Lipinski definition) is 1. The summed E-state index contributed by atoms with van der Waals surface area (Å²) in [6.45, 7) is 5.09. The number of benzene rings is 1. The highest BCUT2D eigenvalue weighted by Gasteiger charge is 2.18. The van der Waals surface area contributed by atoms with Gasteiger partial charge in [-0.2, -0.15) is 0 Å². The molecule has 98 valence electrons. The Hall–Kier alpha value is -0.710. The minimum absolute atomic E-state index is 0.573. The molecule has 0 aliphatic carbocycles. The van der Waals surface area contributed by atoms with Crippen LogP contribution in [0.15, 0.2) is 18.2 Å². The van der Waals surface area contributed by atoms with Gasteiger partial charge in [-0.05, 0) is 29.7 Å². The topological polar surface area (TPSA) is 32.3 Å². The predicted octanol–water partition coefficient (Wildman–Crippen LogP) is 0.897. The summed E-state index contributed by atoms with van der Waals surface area (Å²) in [4.78, 5) is 2.44. The number of fused-ring (bicyclic) bond motifs is 1. The molecular formula is C14H20N2OS. The fraction of sp³-hybridized carbons (Fsp3) is 0.571. The second-order valence-electron chi connectivity index (χ2n) is 5.11. The van der Waals surface area contributed by atoms with E-state index in [0.717, 1.165) is 50.7 Å². The van der Waals surface area contributed by atoms with Gasteiger partial charge in [-0.3, -0.25) is 9.11 Å². The summed E-state index contributed by atoms with van der Waals surface area (Å²) < 4.78 is 11.4. The van der Waals surface area contributed by atoms with Crippen molar-refractivity contribution in [3.8, 4) is 0 Å². The number of nitrogens with zero attached hydrogens (tertiary/aromatic N) is 1. The predicted molar refractivity (Wildman–Crippen MR) is 75.0 cm³/mol. The van der Waals surface area contributed by atoms with Crippen LogP contribution in [-0.2, 0) is 30.3 Å². The smallest absolute Gasteiger partial charge is 0.0363 e. The van der Waals surface area contributed by atoms with Crippen LogP contribution >= 0.6 is 0 Å². The molecule has 0 aromatic heterocycles. The zero-order chi connectivity index (χ0) is 12.4. The molecule has 1 saturated heterocycles. The van der Waals surface area contributed by atoms with Gasteiger partial charge in [0.2, 0.25) is 0 Å². The third kappa shape index (κ3) is 2.66. The van der Waals surface area contributed by atoms with Crippen molar-refractivity contribution in [2.24, 2.45) is 0 Å². The molecule has 0 spiro atoms. The molecule has 1 aromatic carbocycles. The molecule has 0 saturated carbocycles. The summed E-state index contributed by atoms with van der Waals surface area (Å²) in [5, 5.41) is 3.42. The van der Waals surface area contributed by atoms with Gasteiger partial charge in [0, 0.05) is 48.5 Å². The molecule has 0 amide bonds. The van der Waals surface area contributed by atoms with Crippen molar-refractivity contribution in [1.29, 1.82) is 0 Å². The molecule has 18 heavy (non-hydrogen) atoms. The standard InChI is InChI=1S/C14H20N2OS/c17-18-8-6-16(7-9-18)11-13-3-1-2-12-10-15-5-4-14(12)13/h1-3,15H,4-11H2. The zero-order valence-corrected chi connectivity index (χ0v) is 11.5. The molecule has 2 aliphatic rings. The highest BCUT2D eigenvalue weighted by Crippen LogP contribution is 2.20. The van der Waals surface area contributed by atoms with E-state index in [1.807, 2.05) is 0 Å². The van der Waals surface area contributed by atoms with Crippen molar-refractivity contribution in [1.82, 2.24) is 10.2 Å². The maximum absolute atomic E-state index is 11.4. The lowest BCUT2D eigenvalue weighted by Crippen LogP contribution is -2.37. The fourth-order valence-corrected chi connectivity index (χ4v) is 3.96. The molecule has 1 aromatic rings. The third-order valence-electron chi connectivity index (χ3n) is 3.90. The highest BCUT2D eigenvalue weighted by molar-refractivity contribution is 7.85. The van der Waals surface area contributed by atoms with Crippen LogP contribution in [-0.4, -0.2) is 40.2 Å². The SMILES string of the molecule is O=S1CCN(Cc2cccc3c2CCNC3)CC1. The van der Waals surface area contributed by atoms with E-state index in [4.69, 9.17) is 0 Å². The molecule has 0 unspecified atom stereocenters. The highest BCUT2D eigenvalue weighted by atomic mass is 32.2. The van der Waals surface area contributed by atoms with Crippen LogP contribution in [0, 0.1) is 0 Å². The van der Waals surface area contributed by atoms with Gasteiger partial charge in [0.25, 0.3) is 0 Å². The molecule has 2 aliphatic heterocycles. The van der Waals surface area contributed by atoms with Gasteiger partial charge in [-0.1, -0.05) is 18.2 Å². The van der Waals surface area contributed by atoms with Crippen LogP contribution in [0.25, 0.3) is 0 Å². The Morgan fingerprint density at radius 3 is 2.94 bits per heavy atom. The Bertz CT molecular complexity index is 451. The van der Waals surface area contributed by atoms with E-state index in [0.29, 0.717) is 0 Å². The zero-order valence-electron chi connectivity index (χ0n) is 10.7. The molecular weight excluding hydrogens is 244 g/mol. The molecule has 1 N–H and O–H groups in total. The van der Waals surface area contributed by atoms with E-state index in [-0.39, 0.29) is 0 Å². The Morgan fingerprint density at radius 2 is 2.11 bits per heavy atom. The lowest BCUT2D eigenvalue weighted by Gasteiger charge is -2.28. The van der Waals surface area contributed by atoms with Crippen molar-refractivity contribution >= 4 is 10.8 Å². The summed E-state index contributed by atoms with van der Waals surface area (Å²) >= 11 is 0. The van der Waals surface area contributed by atoms with Crippen LogP contribution in [0.5, 0.6) is 0 Å². The van der Waals surface area contributed by atoms with Crippen LogP contribution in [0.2, 0.25) is 0 Å². The normalized spacial score (nSPS) is 21.8. The Kier molecular flexibility index (Phi) is 3.77. The molecule has 2 heterocycles. The van der Waals surface area contributed by atoms with Gasteiger partial charge in [0.05, 0.1) is 0 Å². The van der Waals surface area contributed by atoms with Crippen molar-refractivity contribution < 1.29 is 4.21 Å². The molecule has 0 radical (unpaired) electrons. The summed E-state index contributed by atoms with van der Waals surface area (Å²) in [7, 11) is -0.573. The van der Waals surface area contributed by atoms with Gasteiger partial charge in [-0.15, -0.1) is 0 Å². The van der Waals surface area contributed by atoms with Crippen LogP contribution < -0.4 is 5.32 Å². The fourth-order valence-electron chi connectivity index (χ4n) is 2.83. The summed E-state index contributed by atoms with van der Waals surface area (Å²) in [6.07, 6.45) is 1.14. The summed E-state index contributed by atoms with van der Waals surface area (Å²) in [6, 6.07) is 6.66. The molecule has 0 bridgehead atoms. The van der Waals surface area contributed by atoms with E-state index < -0.39 is 10.8 Å². The lowest BCUT2D eigenvalue weighted by atomic mass is 9.95. The van der Waals surface area contributed by atoms with Gasteiger partial charge in [0.1, 0.15) is 0 Å². The third-order valence-corrected chi connectivity index (χ3v) is 5.18. The number of rotatable bonds is 2. The first-order valence-electron chi connectivity index (χ1n) is 6.70. The van der Waals surface area contributed by atoms with Crippen molar-refractivity contribution in [3.05, 3.63) is 34.9 Å². The maximum atomic E-state index is 11.4.